The molecule has 7 nitrogen and oxygen atoms in total. The minimum absolute atomic E-state index is 0.0134. The van der Waals surface area contributed by atoms with Gasteiger partial charge in [-0.2, -0.15) is 5.10 Å². The number of sulfone groups is 1. The number of aryl methyl sites for hydroxylation is 1. The second-order valence-electron chi connectivity index (χ2n) is 7.35. The summed E-state index contributed by atoms with van der Waals surface area (Å²) >= 11 is 0. The van der Waals surface area contributed by atoms with Gasteiger partial charge in [-0.25, -0.2) is 8.42 Å². The number of hydrogen-bond donors (Lipinski definition) is 0. The van der Waals surface area contributed by atoms with Crippen LogP contribution in [-0.4, -0.2) is 78.1 Å². The maximum atomic E-state index is 12.5. The number of likely N-dealkylation sites (N-methyl/N-ethyl adjacent to an activating group) is 1. The molecule has 2 aliphatic rings. The molecule has 1 aromatic heterocycles. The van der Waals surface area contributed by atoms with E-state index < -0.39 is 9.84 Å². The molecule has 1 atom stereocenters. The summed E-state index contributed by atoms with van der Waals surface area (Å²) in [5.41, 5.74) is 0. The van der Waals surface area contributed by atoms with Crippen LogP contribution in [0.5, 0.6) is 0 Å². The third-order valence-corrected chi connectivity index (χ3v) is 7.26. The Balaban J connectivity index is 1.39. The highest BCUT2D eigenvalue weighted by atomic mass is 32.2. The molecule has 2 fully saturated rings. The van der Waals surface area contributed by atoms with Crippen molar-refractivity contribution in [3.8, 4) is 0 Å². The Hall–Kier alpha value is -1.41. The van der Waals surface area contributed by atoms with E-state index in [0.717, 1.165) is 38.9 Å². The molecule has 140 valence electrons. The highest BCUT2D eigenvalue weighted by molar-refractivity contribution is 7.91. The summed E-state index contributed by atoms with van der Waals surface area (Å²) in [5, 5.41) is 4.23. The molecule has 2 saturated heterocycles. The highest BCUT2D eigenvalue weighted by Crippen LogP contribution is 2.22. The molecule has 0 bridgehead atoms. The fourth-order valence-corrected chi connectivity index (χ4v) is 5.59. The molecular formula is C17H28N4O3S. The molecule has 25 heavy (non-hydrogen) atoms. The van der Waals surface area contributed by atoms with Crippen LogP contribution >= 0.6 is 0 Å². The van der Waals surface area contributed by atoms with E-state index in [-0.39, 0.29) is 23.5 Å². The van der Waals surface area contributed by atoms with Gasteiger partial charge in [-0.05, 0) is 44.7 Å². The zero-order chi connectivity index (χ0) is 17.9. The molecule has 1 unspecified atom stereocenters. The van der Waals surface area contributed by atoms with Crippen LogP contribution in [0, 0.1) is 5.92 Å². The van der Waals surface area contributed by atoms with Crippen molar-refractivity contribution < 1.29 is 13.2 Å². The molecular weight excluding hydrogens is 340 g/mol. The zero-order valence-electron chi connectivity index (χ0n) is 14.9. The Morgan fingerprint density at radius 2 is 2.04 bits per heavy atom. The smallest absolute Gasteiger partial charge is 0.236 e. The third-order valence-electron chi connectivity index (χ3n) is 5.51. The van der Waals surface area contributed by atoms with E-state index in [1.165, 1.54) is 0 Å². The van der Waals surface area contributed by atoms with E-state index in [0.29, 0.717) is 18.9 Å². The number of nitrogens with zero attached hydrogens (tertiary/aromatic N) is 4. The average molecular weight is 369 g/mol. The predicted molar refractivity (Wildman–Crippen MR) is 95.8 cm³/mol. The van der Waals surface area contributed by atoms with Crippen LogP contribution < -0.4 is 0 Å². The first-order valence-corrected chi connectivity index (χ1v) is 10.9. The Labute approximate surface area is 149 Å². The van der Waals surface area contributed by atoms with Crippen LogP contribution in [0.1, 0.15) is 25.7 Å². The first-order chi connectivity index (χ1) is 11.9. The summed E-state index contributed by atoms with van der Waals surface area (Å²) in [7, 11) is -1.05. The van der Waals surface area contributed by atoms with Crippen molar-refractivity contribution in [2.24, 2.45) is 5.92 Å². The van der Waals surface area contributed by atoms with Gasteiger partial charge >= 0.3 is 0 Å². The minimum Gasteiger partial charge on any atom is -0.342 e. The molecule has 1 aromatic rings. The maximum absolute atomic E-state index is 12.5. The van der Waals surface area contributed by atoms with E-state index in [4.69, 9.17) is 0 Å². The standard InChI is InChI=1S/C17H28N4O3S/c1-19(16-6-12-25(23,24)14-16)13-17(22)20-9-3-15(4-10-20)5-11-21-8-2-7-18-21/h2,7-8,15-16H,3-6,9-14H2,1H3. The lowest BCUT2D eigenvalue weighted by Gasteiger charge is -2.34. The third kappa shape index (κ3) is 5.04. The van der Waals surface area contributed by atoms with Crippen molar-refractivity contribution in [3.05, 3.63) is 18.5 Å². The molecule has 0 N–H and O–H groups in total. The van der Waals surface area contributed by atoms with E-state index >= 15 is 0 Å². The Morgan fingerprint density at radius 1 is 1.28 bits per heavy atom. The van der Waals surface area contributed by atoms with Crippen LogP contribution in [0.25, 0.3) is 0 Å². The number of likely N-dealkylation sites (tertiary alicyclic amines) is 1. The lowest BCUT2D eigenvalue weighted by atomic mass is 9.93. The van der Waals surface area contributed by atoms with Gasteiger partial charge in [0.1, 0.15) is 0 Å². The molecule has 1 amide bonds. The lowest BCUT2D eigenvalue weighted by molar-refractivity contribution is -0.134. The lowest BCUT2D eigenvalue weighted by Crippen LogP contribution is -2.46. The minimum atomic E-state index is -2.91. The molecule has 3 rings (SSSR count). The van der Waals surface area contributed by atoms with Crippen LogP contribution in [0.4, 0.5) is 0 Å². The van der Waals surface area contributed by atoms with Crippen molar-refractivity contribution in [1.29, 1.82) is 0 Å². The van der Waals surface area contributed by atoms with E-state index in [2.05, 4.69) is 5.10 Å². The second-order valence-corrected chi connectivity index (χ2v) is 9.58. The quantitative estimate of drug-likeness (QED) is 0.736. The van der Waals surface area contributed by atoms with Gasteiger partial charge < -0.3 is 4.90 Å². The molecule has 0 aromatic carbocycles. The zero-order valence-corrected chi connectivity index (χ0v) is 15.7. The van der Waals surface area contributed by atoms with Gasteiger partial charge in [-0.1, -0.05) is 0 Å². The number of rotatable bonds is 6. The maximum Gasteiger partial charge on any atom is 0.236 e. The summed E-state index contributed by atoms with van der Waals surface area (Å²) in [6.45, 7) is 2.86. The Bertz CT molecular complexity index is 666. The summed E-state index contributed by atoms with van der Waals surface area (Å²) in [5.74, 6) is 1.20. The topological polar surface area (TPSA) is 75.5 Å². The Morgan fingerprint density at radius 3 is 2.64 bits per heavy atom. The first kappa shape index (κ1) is 18.4. The van der Waals surface area contributed by atoms with Crippen LogP contribution in [-0.2, 0) is 21.2 Å². The van der Waals surface area contributed by atoms with E-state index in [9.17, 15) is 13.2 Å². The fourth-order valence-electron chi connectivity index (χ4n) is 3.78. The number of carbonyl (C=O) groups excluding carboxylic acids is 1. The fraction of sp³-hybridized carbons (Fsp3) is 0.765. The van der Waals surface area contributed by atoms with Crippen LogP contribution in [0.2, 0.25) is 0 Å². The monoisotopic (exact) mass is 368 g/mol. The van der Waals surface area contributed by atoms with Crippen molar-refractivity contribution in [2.75, 3.05) is 38.2 Å². The highest BCUT2D eigenvalue weighted by Gasteiger charge is 2.32. The van der Waals surface area contributed by atoms with Gasteiger partial charge in [0.25, 0.3) is 0 Å². The molecule has 0 spiro atoms. The number of piperidine rings is 1. The SMILES string of the molecule is CN(CC(=O)N1CCC(CCn2cccn2)CC1)C1CCS(=O)(=O)C1. The van der Waals surface area contributed by atoms with Gasteiger partial charge in [-0.3, -0.25) is 14.4 Å². The number of aromatic nitrogens is 2. The summed E-state index contributed by atoms with van der Waals surface area (Å²) in [4.78, 5) is 16.3. The van der Waals surface area contributed by atoms with Crippen molar-refractivity contribution >= 4 is 15.7 Å². The summed E-state index contributed by atoms with van der Waals surface area (Å²) in [6, 6.07) is 1.92. The molecule has 3 heterocycles. The van der Waals surface area contributed by atoms with Gasteiger partial charge in [0, 0.05) is 38.1 Å². The first-order valence-electron chi connectivity index (χ1n) is 9.09. The van der Waals surface area contributed by atoms with Gasteiger partial charge in [0.2, 0.25) is 5.91 Å². The summed E-state index contributed by atoms with van der Waals surface area (Å²) in [6.07, 6.45) is 7.60. The largest absolute Gasteiger partial charge is 0.342 e. The second kappa shape index (κ2) is 7.86. The van der Waals surface area contributed by atoms with Gasteiger partial charge in [-0.15, -0.1) is 0 Å². The van der Waals surface area contributed by atoms with Crippen LogP contribution in [0.15, 0.2) is 18.5 Å². The van der Waals surface area contributed by atoms with Crippen LogP contribution in [0.3, 0.4) is 0 Å². The number of amides is 1. The van der Waals surface area contributed by atoms with Crippen molar-refractivity contribution in [1.82, 2.24) is 19.6 Å². The molecule has 2 aliphatic heterocycles. The molecule has 0 aliphatic carbocycles. The predicted octanol–water partition coefficient (Wildman–Crippen LogP) is 0.631. The number of hydrogen-bond acceptors (Lipinski definition) is 5. The Kier molecular flexibility index (Phi) is 5.78. The summed E-state index contributed by atoms with van der Waals surface area (Å²) < 4.78 is 25.1. The van der Waals surface area contributed by atoms with Crippen molar-refractivity contribution in [2.45, 2.75) is 38.3 Å². The van der Waals surface area contributed by atoms with Gasteiger partial charge in [0.15, 0.2) is 9.84 Å². The molecule has 0 saturated carbocycles. The molecule has 0 radical (unpaired) electrons. The number of carbonyl (C=O) groups is 1. The van der Waals surface area contributed by atoms with Gasteiger partial charge in [0.05, 0.1) is 18.1 Å². The van der Waals surface area contributed by atoms with Crippen molar-refractivity contribution in [3.63, 3.8) is 0 Å². The van der Waals surface area contributed by atoms with E-state index in [1.54, 1.807) is 6.20 Å². The normalized spacial score (nSPS) is 24.1. The average Bonchev–Trinajstić information content (AvgIpc) is 3.22. The molecule has 8 heteroatoms. The van der Waals surface area contributed by atoms with E-state index in [1.807, 2.05) is 33.8 Å².